The van der Waals surface area contributed by atoms with Gasteiger partial charge < -0.3 is 15.5 Å². The Morgan fingerprint density at radius 1 is 1.21 bits per heavy atom. The van der Waals surface area contributed by atoms with E-state index in [1.165, 1.54) is 18.6 Å². The molecule has 0 saturated heterocycles. The van der Waals surface area contributed by atoms with Crippen LogP contribution in [0.1, 0.15) is 39.2 Å². The molecule has 0 saturated carbocycles. The summed E-state index contributed by atoms with van der Waals surface area (Å²) < 4.78 is 12.9. The van der Waals surface area contributed by atoms with Crippen LogP contribution in [0.5, 0.6) is 0 Å². The van der Waals surface area contributed by atoms with Gasteiger partial charge >= 0.3 is 0 Å². The summed E-state index contributed by atoms with van der Waals surface area (Å²) in [5.41, 5.74) is 1.12. The Bertz CT molecular complexity index is 469. The Morgan fingerprint density at radius 3 is 2.46 bits per heavy atom. The first-order chi connectivity index (χ1) is 11.6. The second-order valence-electron chi connectivity index (χ2n) is 6.09. The van der Waals surface area contributed by atoms with Crippen molar-refractivity contribution in [1.82, 2.24) is 15.5 Å². The average Bonchev–Trinajstić information content (AvgIpc) is 2.59. The van der Waals surface area contributed by atoms with E-state index in [4.69, 9.17) is 0 Å². The van der Waals surface area contributed by atoms with Crippen LogP contribution in [0.25, 0.3) is 0 Å². The molecule has 0 bridgehead atoms. The molecular weight excluding hydrogens is 303 g/mol. The maximum atomic E-state index is 12.9. The Kier molecular flexibility index (Phi) is 10.1. The summed E-state index contributed by atoms with van der Waals surface area (Å²) in [5.74, 6) is 0.634. The molecule has 136 valence electrons. The third-order valence-corrected chi connectivity index (χ3v) is 4.23. The van der Waals surface area contributed by atoms with Crippen molar-refractivity contribution >= 4 is 5.96 Å². The van der Waals surface area contributed by atoms with Crippen molar-refractivity contribution in [3.05, 3.63) is 35.6 Å². The van der Waals surface area contributed by atoms with Gasteiger partial charge in [0, 0.05) is 19.6 Å². The molecule has 24 heavy (non-hydrogen) atoms. The maximum absolute atomic E-state index is 12.9. The van der Waals surface area contributed by atoms with Crippen molar-refractivity contribution in [2.45, 2.75) is 46.1 Å². The lowest BCUT2D eigenvalue weighted by molar-refractivity contribution is 0.292. The molecule has 0 heterocycles. The van der Waals surface area contributed by atoms with Crippen molar-refractivity contribution in [2.75, 3.05) is 33.2 Å². The van der Waals surface area contributed by atoms with E-state index < -0.39 is 0 Å². The second-order valence-corrected chi connectivity index (χ2v) is 6.09. The summed E-state index contributed by atoms with van der Waals surface area (Å²) in [6.45, 7) is 10.8. The molecule has 1 atom stereocenters. The molecule has 1 rings (SSSR count). The second kappa shape index (κ2) is 11.8. The number of rotatable bonds is 10. The van der Waals surface area contributed by atoms with E-state index in [9.17, 15) is 4.39 Å². The predicted molar refractivity (Wildman–Crippen MR) is 101 cm³/mol. The Labute approximate surface area is 146 Å². The summed E-state index contributed by atoms with van der Waals surface area (Å²) in [5, 5.41) is 6.75. The van der Waals surface area contributed by atoms with Crippen molar-refractivity contribution in [2.24, 2.45) is 4.99 Å². The minimum atomic E-state index is -0.192. The average molecular weight is 336 g/mol. The number of nitrogens with one attached hydrogen (secondary N) is 2. The molecule has 0 radical (unpaired) electrons. The van der Waals surface area contributed by atoms with Crippen LogP contribution in [-0.4, -0.2) is 50.1 Å². The molecule has 1 unspecified atom stereocenters. The molecule has 0 aliphatic carbocycles. The Hall–Kier alpha value is -1.62. The van der Waals surface area contributed by atoms with Gasteiger partial charge in [0.2, 0.25) is 0 Å². The molecule has 0 spiro atoms. The summed E-state index contributed by atoms with van der Waals surface area (Å²) >= 11 is 0. The lowest BCUT2D eigenvalue weighted by atomic mass is 10.1. The number of aliphatic imine (C=N–C) groups is 1. The third-order valence-electron chi connectivity index (χ3n) is 4.23. The molecule has 5 heteroatoms. The van der Waals surface area contributed by atoms with Gasteiger partial charge in [0.15, 0.2) is 5.96 Å². The van der Waals surface area contributed by atoms with Crippen LogP contribution in [0.15, 0.2) is 29.3 Å². The van der Waals surface area contributed by atoms with E-state index >= 15 is 0 Å². The number of nitrogens with zero attached hydrogens (tertiary/aromatic N) is 2. The van der Waals surface area contributed by atoms with Crippen LogP contribution >= 0.6 is 0 Å². The van der Waals surface area contributed by atoms with Gasteiger partial charge in [-0.15, -0.1) is 0 Å². The van der Waals surface area contributed by atoms with Crippen molar-refractivity contribution in [3.63, 3.8) is 0 Å². The quantitative estimate of drug-likeness (QED) is 0.510. The molecule has 1 aromatic carbocycles. The van der Waals surface area contributed by atoms with Crippen molar-refractivity contribution in [1.29, 1.82) is 0 Å². The zero-order valence-corrected chi connectivity index (χ0v) is 15.6. The predicted octanol–water partition coefficient (Wildman–Crippen LogP) is 3.04. The summed E-state index contributed by atoms with van der Waals surface area (Å²) in [7, 11) is 1.79. The van der Waals surface area contributed by atoms with E-state index in [1.54, 1.807) is 7.05 Å². The van der Waals surface area contributed by atoms with Crippen LogP contribution in [0.4, 0.5) is 4.39 Å². The smallest absolute Gasteiger partial charge is 0.191 e. The zero-order valence-electron chi connectivity index (χ0n) is 15.6. The zero-order chi connectivity index (χ0) is 17.8. The highest BCUT2D eigenvalue weighted by atomic mass is 19.1. The fraction of sp³-hybridized carbons (Fsp3) is 0.632. The van der Waals surface area contributed by atoms with Crippen LogP contribution in [-0.2, 0) is 6.42 Å². The van der Waals surface area contributed by atoms with Gasteiger partial charge in [-0.2, -0.15) is 0 Å². The van der Waals surface area contributed by atoms with E-state index in [0.29, 0.717) is 6.04 Å². The van der Waals surface area contributed by atoms with Gasteiger partial charge in [0.1, 0.15) is 5.82 Å². The summed E-state index contributed by atoms with van der Waals surface area (Å²) in [6, 6.07) is 7.03. The van der Waals surface area contributed by atoms with Crippen LogP contribution in [0, 0.1) is 5.82 Å². The standard InChI is InChI=1S/C19H33FN4/c1-5-24(6-2)15-7-8-16(3)23-19(21-4)22-14-13-17-9-11-18(20)12-10-17/h9-12,16H,5-8,13-15H2,1-4H3,(H2,21,22,23). The number of halogens is 1. The van der Waals surface area contributed by atoms with E-state index in [1.807, 2.05) is 12.1 Å². The fourth-order valence-electron chi connectivity index (χ4n) is 2.64. The molecule has 0 amide bonds. The lowest BCUT2D eigenvalue weighted by Gasteiger charge is -2.21. The van der Waals surface area contributed by atoms with Gasteiger partial charge in [-0.3, -0.25) is 4.99 Å². The fourth-order valence-corrected chi connectivity index (χ4v) is 2.64. The Morgan fingerprint density at radius 2 is 1.88 bits per heavy atom. The molecule has 0 aliphatic heterocycles. The highest BCUT2D eigenvalue weighted by molar-refractivity contribution is 5.79. The summed E-state index contributed by atoms with van der Waals surface area (Å²) in [6.07, 6.45) is 3.15. The first kappa shape index (κ1) is 20.4. The first-order valence-corrected chi connectivity index (χ1v) is 9.03. The van der Waals surface area contributed by atoms with Gasteiger partial charge in [-0.25, -0.2) is 4.39 Å². The number of hydrogen-bond donors (Lipinski definition) is 2. The SMILES string of the molecule is CCN(CC)CCCC(C)NC(=NC)NCCc1ccc(F)cc1. The molecular formula is C19H33FN4. The van der Waals surface area contributed by atoms with Crippen molar-refractivity contribution < 1.29 is 4.39 Å². The highest BCUT2D eigenvalue weighted by Crippen LogP contribution is 2.03. The van der Waals surface area contributed by atoms with E-state index in [-0.39, 0.29) is 5.82 Å². The van der Waals surface area contributed by atoms with Crippen LogP contribution in [0.2, 0.25) is 0 Å². The van der Waals surface area contributed by atoms with Crippen LogP contribution in [0.3, 0.4) is 0 Å². The normalized spacial score (nSPS) is 13.2. The van der Waals surface area contributed by atoms with Crippen molar-refractivity contribution in [3.8, 4) is 0 Å². The molecule has 1 aromatic rings. The Balaban J connectivity index is 2.24. The molecule has 0 aromatic heterocycles. The lowest BCUT2D eigenvalue weighted by Crippen LogP contribution is -2.43. The first-order valence-electron chi connectivity index (χ1n) is 9.03. The number of benzene rings is 1. The molecule has 4 nitrogen and oxygen atoms in total. The minimum Gasteiger partial charge on any atom is -0.356 e. The molecule has 0 aliphatic rings. The minimum absolute atomic E-state index is 0.192. The van der Waals surface area contributed by atoms with E-state index in [2.05, 4.69) is 41.3 Å². The van der Waals surface area contributed by atoms with Gasteiger partial charge in [-0.05, 0) is 63.5 Å². The number of guanidine groups is 1. The van der Waals surface area contributed by atoms with Gasteiger partial charge in [0.05, 0.1) is 0 Å². The maximum Gasteiger partial charge on any atom is 0.191 e. The highest BCUT2D eigenvalue weighted by Gasteiger charge is 2.06. The van der Waals surface area contributed by atoms with Gasteiger partial charge in [-0.1, -0.05) is 26.0 Å². The third kappa shape index (κ3) is 8.29. The summed E-state index contributed by atoms with van der Waals surface area (Å²) in [4.78, 5) is 6.72. The van der Waals surface area contributed by atoms with Gasteiger partial charge in [0.25, 0.3) is 0 Å². The monoisotopic (exact) mass is 336 g/mol. The topological polar surface area (TPSA) is 39.7 Å². The van der Waals surface area contributed by atoms with E-state index in [0.717, 1.165) is 50.5 Å². The largest absolute Gasteiger partial charge is 0.356 e. The molecule has 2 N–H and O–H groups in total. The van der Waals surface area contributed by atoms with Crippen LogP contribution < -0.4 is 10.6 Å². The molecule has 0 fully saturated rings. The number of hydrogen-bond acceptors (Lipinski definition) is 2.